The van der Waals surface area contributed by atoms with Crippen molar-refractivity contribution in [3.63, 3.8) is 0 Å². The summed E-state index contributed by atoms with van der Waals surface area (Å²) in [5, 5.41) is 8.43. The smallest absolute Gasteiger partial charge is 0.305 e. The van der Waals surface area contributed by atoms with Gasteiger partial charge in [-0.2, -0.15) is 0 Å². The molecule has 0 bridgehead atoms. The molecular weight excluding hydrogens is 216 g/mol. The molecular formula is C10H18O6. The number of hydrogen-bond donors (Lipinski definition) is 1. The molecule has 6 heteroatoms. The van der Waals surface area contributed by atoms with Gasteiger partial charge in [0.2, 0.25) is 0 Å². The van der Waals surface area contributed by atoms with Gasteiger partial charge in [-0.25, -0.2) is 0 Å². The van der Waals surface area contributed by atoms with E-state index in [1.807, 2.05) is 0 Å². The Kier molecular flexibility index (Phi) is 9.69. The van der Waals surface area contributed by atoms with Crippen molar-refractivity contribution in [2.75, 3.05) is 33.0 Å². The Morgan fingerprint density at radius 2 is 2.06 bits per heavy atom. The molecule has 1 atom stereocenters. The van der Waals surface area contributed by atoms with Gasteiger partial charge in [0.25, 0.3) is 6.29 Å². The molecule has 0 saturated heterocycles. The molecule has 0 saturated carbocycles. The van der Waals surface area contributed by atoms with Crippen LogP contribution in [0.4, 0.5) is 0 Å². The number of rotatable bonds is 10. The Balaban J connectivity index is 3.51. The third-order valence-electron chi connectivity index (χ3n) is 1.41. The highest BCUT2D eigenvalue weighted by Crippen LogP contribution is 1.97. The monoisotopic (exact) mass is 234 g/mol. The zero-order valence-corrected chi connectivity index (χ0v) is 9.39. The normalized spacial score (nSPS) is 11.9. The Morgan fingerprint density at radius 1 is 1.38 bits per heavy atom. The van der Waals surface area contributed by atoms with Crippen LogP contribution in [-0.4, -0.2) is 50.4 Å². The molecule has 0 heterocycles. The fraction of sp³-hybridized carbons (Fsp3) is 0.700. The first-order valence-electron chi connectivity index (χ1n) is 4.90. The van der Waals surface area contributed by atoms with E-state index in [1.54, 1.807) is 0 Å². The summed E-state index contributed by atoms with van der Waals surface area (Å²) in [6.07, 6.45) is 0.395. The number of esters is 1. The molecule has 0 radical (unpaired) electrons. The van der Waals surface area contributed by atoms with Crippen LogP contribution in [0, 0.1) is 0 Å². The fourth-order valence-corrected chi connectivity index (χ4v) is 0.858. The third kappa shape index (κ3) is 9.45. The largest absolute Gasteiger partial charge is 0.461 e. The maximum absolute atomic E-state index is 10.7. The molecule has 94 valence electrons. The molecule has 0 rings (SSSR count). The number of carbonyl (C=O) groups is 1. The molecule has 0 aromatic rings. The minimum absolute atomic E-state index is 0.0182. The molecule has 6 nitrogen and oxygen atoms in total. The SMILES string of the molecule is C=COC(COCCOCCO)OC(C)=O. The van der Waals surface area contributed by atoms with Gasteiger partial charge < -0.3 is 24.1 Å². The summed E-state index contributed by atoms with van der Waals surface area (Å²) in [5.74, 6) is -0.452. The second-order valence-electron chi connectivity index (χ2n) is 2.75. The summed E-state index contributed by atoms with van der Waals surface area (Å²) >= 11 is 0. The second-order valence-corrected chi connectivity index (χ2v) is 2.75. The van der Waals surface area contributed by atoms with Gasteiger partial charge in [-0.15, -0.1) is 0 Å². The molecule has 0 fully saturated rings. The average Bonchev–Trinajstić information content (AvgIpc) is 2.22. The van der Waals surface area contributed by atoms with E-state index in [0.717, 1.165) is 0 Å². The van der Waals surface area contributed by atoms with Crippen LogP contribution in [0.25, 0.3) is 0 Å². The molecule has 0 aromatic heterocycles. The van der Waals surface area contributed by atoms with E-state index in [0.29, 0.717) is 13.2 Å². The van der Waals surface area contributed by atoms with Crippen molar-refractivity contribution in [3.05, 3.63) is 12.8 Å². The van der Waals surface area contributed by atoms with Crippen molar-refractivity contribution in [2.24, 2.45) is 0 Å². The van der Waals surface area contributed by atoms with Crippen LogP contribution in [0.15, 0.2) is 12.8 Å². The maximum Gasteiger partial charge on any atom is 0.305 e. The van der Waals surface area contributed by atoms with Gasteiger partial charge in [-0.1, -0.05) is 6.58 Å². The predicted octanol–water partition coefficient (Wildman–Crippen LogP) is 0.0612. The minimum atomic E-state index is -0.784. The molecule has 0 aliphatic rings. The Morgan fingerprint density at radius 3 is 2.62 bits per heavy atom. The maximum atomic E-state index is 10.7. The first kappa shape index (κ1) is 14.9. The van der Waals surface area contributed by atoms with Crippen LogP contribution in [0.5, 0.6) is 0 Å². The Bertz CT molecular complexity index is 194. The molecule has 0 aromatic carbocycles. The van der Waals surface area contributed by atoms with Crippen LogP contribution in [0.3, 0.4) is 0 Å². The number of ether oxygens (including phenoxy) is 4. The summed E-state index contributed by atoms with van der Waals surface area (Å²) in [4.78, 5) is 10.7. The Hall–Kier alpha value is -1.11. The quantitative estimate of drug-likeness (QED) is 0.249. The average molecular weight is 234 g/mol. The summed E-state index contributed by atoms with van der Waals surface area (Å²) in [7, 11) is 0. The molecule has 0 amide bonds. The van der Waals surface area contributed by atoms with Gasteiger partial charge in [0.1, 0.15) is 6.61 Å². The fourth-order valence-electron chi connectivity index (χ4n) is 0.858. The highest BCUT2D eigenvalue weighted by Gasteiger charge is 2.11. The van der Waals surface area contributed by atoms with Gasteiger partial charge in [0.05, 0.1) is 32.7 Å². The van der Waals surface area contributed by atoms with E-state index < -0.39 is 12.3 Å². The topological polar surface area (TPSA) is 74.2 Å². The lowest BCUT2D eigenvalue weighted by Crippen LogP contribution is -2.24. The van der Waals surface area contributed by atoms with Gasteiger partial charge >= 0.3 is 5.97 Å². The molecule has 0 aliphatic heterocycles. The van der Waals surface area contributed by atoms with E-state index >= 15 is 0 Å². The van der Waals surface area contributed by atoms with Crippen molar-refractivity contribution < 1.29 is 28.8 Å². The lowest BCUT2D eigenvalue weighted by molar-refractivity contribution is -0.176. The van der Waals surface area contributed by atoms with Crippen molar-refractivity contribution in [1.29, 1.82) is 0 Å². The minimum Gasteiger partial charge on any atom is -0.461 e. The van der Waals surface area contributed by atoms with Gasteiger partial charge in [-0.05, 0) is 0 Å². The number of carbonyl (C=O) groups excluding carboxylic acids is 1. The van der Waals surface area contributed by atoms with Gasteiger partial charge in [0.15, 0.2) is 0 Å². The first-order chi connectivity index (χ1) is 7.70. The van der Waals surface area contributed by atoms with Crippen LogP contribution in [0.1, 0.15) is 6.92 Å². The summed E-state index contributed by atoms with van der Waals surface area (Å²) in [5.41, 5.74) is 0. The lowest BCUT2D eigenvalue weighted by Gasteiger charge is -2.16. The zero-order valence-electron chi connectivity index (χ0n) is 9.39. The molecule has 0 aliphatic carbocycles. The zero-order chi connectivity index (χ0) is 12.2. The molecule has 16 heavy (non-hydrogen) atoms. The van der Waals surface area contributed by atoms with Crippen molar-refractivity contribution in [2.45, 2.75) is 13.2 Å². The van der Waals surface area contributed by atoms with E-state index in [4.69, 9.17) is 24.1 Å². The van der Waals surface area contributed by atoms with Crippen molar-refractivity contribution in [3.8, 4) is 0 Å². The van der Waals surface area contributed by atoms with E-state index in [2.05, 4.69) is 6.58 Å². The number of hydrogen-bond acceptors (Lipinski definition) is 6. The van der Waals surface area contributed by atoms with E-state index in [1.165, 1.54) is 13.2 Å². The van der Waals surface area contributed by atoms with Crippen LogP contribution in [0.2, 0.25) is 0 Å². The highest BCUT2D eigenvalue weighted by molar-refractivity contribution is 5.66. The molecule has 1 N–H and O–H groups in total. The first-order valence-corrected chi connectivity index (χ1v) is 4.90. The van der Waals surface area contributed by atoms with Crippen LogP contribution < -0.4 is 0 Å². The second kappa shape index (κ2) is 10.4. The number of aliphatic hydroxyl groups excluding tert-OH is 1. The number of aliphatic hydroxyl groups is 1. The Labute approximate surface area is 94.7 Å². The van der Waals surface area contributed by atoms with Crippen LogP contribution in [-0.2, 0) is 23.7 Å². The van der Waals surface area contributed by atoms with Crippen molar-refractivity contribution in [1.82, 2.24) is 0 Å². The summed E-state index contributed by atoms with van der Waals surface area (Å²) in [6.45, 7) is 5.70. The van der Waals surface area contributed by atoms with Gasteiger partial charge in [0, 0.05) is 6.92 Å². The third-order valence-corrected chi connectivity index (χ3v) is 1.41. The molecule has 0 spiro atoms. The summed E-state index contributed by atoms with van der Waals surface area (Å²) in [6, 6.07) is 0. The van der Waals surface area contributed by atoms with Gasteiger partial charge in [-0.3, -0.25) is 4.79 Å². The predicted molar refractivity (Wildman–Crippen MR) is 55.6 cm³/mol. The standard InChI is InChI=1S/C10H18O6/c1-3-15-10(16-9(2)12)8-14-7-6-13-5-4-11/h3,10-11H,1,4-8H2,2H3. The van der Waals surface area contributed by atoms with Crippen LogP contribution >= 0.6 is 0 Å². The van der Waals surface area contributed by atoms with Crippen molar-refractivity contribution >= 4 is 5.97 Å². The summed E-state index contributed by atoms with van der Waals surface area (Å²) < 4.78 is 19.8. The van der Waals surface area contributed by atoms with E-state index in [-0.39, 0.29) is 19.8 Å². The highest BCUT2D eigenvalue weighted by atomic mass is 16.7. The molecule has 1 unspecified atom stereocenters. The van der Waals surface area contributed by atoms with E-state index in [9.17, 15) is 4.79 Å². The lowest BCUT2D eigenvalue weighted by atomic mass is 10.6.